The van der Waals surface area contributed by atoms with Crippen LogP contribution in [0, 0.1) is 6.92 Å². The van der Waals surface area contributed by atoms with Gasteiger partial charge in [0.15, 0.2) is 0 Å². The lowest BCUT2D eigenvalue weighted by Crippen LogP contribution is -2.13. The molecule has 0 aliphatic rings. The first-order chi connectivity index (χ1) is 10.0. The SMILES string of the molecule is CCCc1cc(C(=O)O)cc(N(C)c2cccc(C)c2)n1. The van der Waals surface area contributed by atoms with Crippen LogP contribution in [0.15, 0.2) is 36.4 Å². The lowest BCUT2D eigenvalue weighted by Gasteiger charge is -2.20. The molecule has 0 aliphatic carbocycles. The third kappa shape index (κ3) is 3.60. The Bertz CT molecular complexity index is 653. The molecule has 0 fully saturated rings. The second-order valence-corrected chi connectivity index (χ2v) is 5.16. The molecule has 1 N–H and O–H groups in total. The number of aromatic nitrogens is 1. The van der Waals surface area contributed by atoms with Gasteiger partial charge in [0, 0.05) is 18.4 Å². The minimum atomic E-state index is -0.923. The van der Waals surface area contributed by atoms with E-state index in [0.29, 0.717) is 5.82 Å². The van der Waals surface area contributed by atoms with Crippen molar-refractivity contribution in [1.82, 2.24) is 4.98 Å². The molecule has 4 nitrogen and oxygen atoms in total. The molecule has 4 heteroatoms. The molecule has 0 atom stereocenters. The summed E-state index contributed by atoms with van der Waals surface area (Å²) in [6.07, 6.45) is 1.71. The third-order valence-corrected chi connectivity index (χ3v) is 3.35. The smallest absolute Gasteiger partial charge is 0.335 e. The number of pyridine rings is 1. The van der Waals surface area contributed by atoms with Crippen molar-refractivity contribution in [3.05, 3.63) is 53.2 Å². The summed E-state index contributed by atoms with van der Waals surface area (Å²) in [6.45, 7) is 4.08. The Morgan fingerprint density at radius 2 is 2.05 bits per heavy atom. The molecule has 2 aromatic rings. The number of aromatic carboxylic acids is 1. The van der Waals surface area contributed by atoms with E-state index in [0.717, 1.165) is 29.8 Å². The largest absolute Gasteiger partial charge is 0.478 e. The molecule has 0 saturated carbocycles. The summed E-state index contributed by atoms with van der Waals surface area (Å²) in [5, 5.41) is 9.25. The van der Waals surface area contributed by atoms with Gasteiger partial charge in [0.1, 0.15) is 5.82 Å². The maximum Gasteiger partial charge on any atom is 0.335 e. The zero-order chi connectivity index (χ0) is 15.4. The normalized spacial score (nSPS) is 10.4. The number of carboxylic acid groups (broad SMARTS) is 1. The molecule has 2 rings (SSSR count). The highest BCUT2D eigenvalue weighted by atomic mass is 16.4. The first-order valence-electron chi connectivity index (χ1n) is 7.06. The number of anilines is 2. The molecule has 21 heavy (non-hydrogen) atoms. The van der Waals surface area contributed by atoms with E-state index in [-0.39, 0.29) is 5.56 Å². The van der Waals surface area contributed by atoms with Crippen molar-refractivity contribution in [2.45, 2.75) is 26.7 Å². The van der Waals surface area contributed by atoms with Crippen LogP contribution in [0.2, 0.25) is 0 Å². The third-order valence-electron chi connectivity index (χ3n) is 3.35. The van der Waals surface area contributed by atoms with E-state index in [2.05, 4.69) is 18.0 Å². The Hall–Kier alpha value is -2.36. The van der Waals surface area contributed by atoms with Crippen LogP contribution in [-0.4, -0.2) is 23.1 Å². The molecule has 0 radical (unpaired) electrons. The van der Waals surface area contributed by atoms with Crippen LogP contribution >= 0.6 is 0 Å². The van der Waals surface area contributed by atoms with Crippen LogP contribution in [0.25, 0.3) is 0 Å². The monoisotopic (exact) mass is 284 g/mol. The van der Waals surface area contributed by atoms with Gasteiger partial charge in [-0.25, -0.2) is 9.78 Å². The van der Waals surface area contributed by atoms with Crippen LogP contribution in [0.4, 0.5) is 11.5 Å². The van der Waals surface area contributed by atoms with Crippen molar-refractivity contribution in [3.8, 4) is 0 Å². The molecular formula is C17H20N2O2. The Morgan fingerprint density at radius 3 is 2.67 bits per heavy atom. The molecule has 0 bridgehead atoms. The van der Waals surface area contributed by atoms with Crippen LogP contribution in [0.3, 0.4) is 0 Å². The minimum absolute atomic E-state index is 0.281. The van der Waals surface area contributed by atoms with Crippen molar-refractivity contribution < 1.29 is 9.90 Å². The molecule has 0 unspecified atom stereocenters. The van der Waals surface area contributed by atoms with Gasteiger partial charge >= 0.3 is 5.97 Å². The summed E-state index contributed by atoms with van der Waals surface area (Å²) in [4.78, 5) is 17.8. The van der Waals surface area contributed by atoms with E-state index >= 15 is 0 Å². The highest BCUT2D eigenvalue weighted by molar-refractivity contribution is 5.89. The van der Waals surface area contributed by atoms with Crippen LogP contribution in [0.5, 0.6) is 0 Å². The summed E-state index contributed by atoms with van der Waals surface area (Å²) >= 11 is 0. The first kappa shape index (κ1) is 15.0. The average molecular weight is 284 g/mol. The number of benzene rings is 1. The van der Waals surface area contributed by atoms with Crippen molar-refractivity contribution in [2.24, 2.45) is 0 Å². The van der Waals surface area contributed by atoms with Gasteiger partial charge in [0.25, 0.3) is 0 Å². The number of nitrogens with zero attached hydrogens (tertiary/aromatic N) is 2. The molecule has 1 aromatic carbocycles. The van der Waals surface area contributed by atoms with Gasteiger partial charge in [0.05, 0.1) is 5.56 Å². The van der Waals surface area contributed by atoms with Gasteiger partial charge in [0.2, 0.25) is 0 Å². The Morgan fingerprint density at radius 1 is 1.29 bits per heavy atom. The zero-order valence-electron chi connectivity index (χ0n) is 12.6. The van der Waals surface area contributed by atoms with Gasteiger partial charge in [-0.15, -0.1) is 0 Å². The number of aryl methyl sites for hydroxylation is 2. The standard InChI is InChI=1S/C17H20N2O2/c1-4-6-14-10-13(17(20)21)11-16(18-14)19(3)15-8-5-7-12(2)9-15/h5,7-11H,4,6H2,1-3H3,(H,20,21). The summed E-state index contributed by atoms with van der Waals surface area (Å²) in [7, 11) is 1.90. The van der Waals surface area contributed by atoms with Gasteiger partial charge < -0.3 is 10.0 Å². The second-order valence-electron chi connectivity index (χ2n) is 5.16. The van der Waals surface area contributed by atoms with E-state index in [1.54, 1.807) is 12.1 Å². The van der Waals surface area contributed by atoms with Gasteiger partial charge in [-0.2, -0.15) is 0 Å². The van der Waals surface area contributed by atoms with Gasteiger partial charge in [-0.05, 0) is 43.2 Å². The Labute approximate surface area is 125 Å². The van der Waals surface area contributed by atoms with Crippen LogP contribution < -0.4 is 4.90 Å². The summed E-state index contributed by atoms with van der Waals surface area (Å²) in [6, 6.07) is 11.3. The highest BCUT2D eigenvalue weighted by Gasteiger charge is 2.12. The van der Waals surface area contributed by atoms with Crippen molar-refractivity contribution in [1.29, 1.82) is 0 Å². The fraction of sp³-hybridized carbons (Fsp3) is 0.294. The summed E-state index contributed by atoms with van der Waals surface area (Å²) in [5.74, 6) is -0.266. The van der Waals surface area contributed by atoms with Crippen LogP contribution in [0.1, 0.15) is 35.0 Å². The van der Waals surface area contributed by atoms with E-state index in [4.69, 9.17) is 0 Å². The number of hydrogen-bond donors (Lipinski definition) is 1. The quantitative estimate of drug-likeness (QED) is 0.907. The fourth-order valence-electron chi connectivity index (χ4n) is 2.22. The van der Waals surface area contributed by atoms with Crippen molar-refractivity contribution in [3.63, 3.8) is 0 Å². The van der Waals surface area contributed by atoms with Crippen LogP contribution in [-0.2, 0) is 6.42 Å². The molecule has 0 amide bonds. The summed E-state index contributed by atoms with van der Waals surface area (Å²) < 4.78 is 0. The van der Waals surface area contributed by atoms with Gasteiger partial charge in [-0.1, -0.05) is 25.5 Å². The molecule has 110 valence electrons. The maximum absolute atomic E-state index is 11.3. The Balaban J connectivity index is 2.44. The average Bonchev–Trinajstić information content (AvgIpc) is 2.46. The zero-order valence-corrected chi connectivity index (χ0v) is 12.6. The number of carboxylic acids is 1. The lowest BCUT2D eigenvalue weighted by atomic mass is 10.1. The van der Waals surface area contributed by atoms with Crippen molar-refractivity contribution >= 4 is 17.5 Å². The van der Waals surface area contributed by atoms with E-state index < -0.39 is 5.97 Å². The number of hydrogen-bond acceptors (Lipinski definition) is 3. The molecular weight excluding hydrogens is 264 g/mol. The van der Waals surface area contributed by atoms with E-state index in [1.807, 2.05) is 37.1 Å². The van der Waals surface area contributed by atoms with E-state index in [9.17, 15) is 9.90 Å². The Kier molecular flexibility index (Phi) is 4.58. The van der Waals surface area contributed by atoms with Gasteiger partial charge in [-0.3, -0.25) is 0 Å². The molecule has 1 aromatic heterocycles. The molecule has 0 saturated heterocycles. The lowest BCUT2D eigenvalue weighted by molar-refractivity contribution is 0.0696. The second kappa shape index (κ2) is 6.39. The fourth-order valence-corrected chi connectivity index (χ4v) is 2.22. The predicted octanol–water partition coefficient (Wildman–Crippen LogP) is 3.81. The predicted molar refractivity (Wildman–Crippen MR) is 84.4 cm³/mol. The first-order valence-corrected chi connectivity index (χ1v) is 7.06. The molecule has 1 heterocycles. The molecule has 0 aliphatic heterocycles. The minimum Gasteiger partial charge on any atom is -0.478 e. The summed E-state index contributed by atoms with van der Waals surface area (Å²) in [5.41, 5.74) is 3.24. The maximum atomic E-state index is 11.3. The highest BCUT2D eigenvalue weighted by Crippen LogP contribution is 2.24. The molecule has 0 spiro atoms. The number of rotatable bonds is 5. The topological polar surface area (TPSA) is 53.4 Å². The van der Waals surface area contributed by atoms with Crippen molar-refractivity contribution in [2.75, 3.05) is 11.9 Å². The number of carbonyl (C=O) groups is 1. The van der Waals surface area contributed by atoms with E-state index in [1.165, 1.54) is 0 Å².